The molecule has 5 aliphatic carbocycles. The van der Waals surface area contributed by atoms with Gasteiger partial charge in [-0.15, -0.1) is 0 Å². The standard InChI is InChI=1S/C9H15N/c1-7-5-9(10)6(7)3-4-8(7,9)2/h6H,3-5,10H2,1-2H3. The second-order valence-electron chi connectivity index (χ2n) is 5.06. The minimum atomic E-state index is 0.293. The zero-order chi connectivity index (χ0) is 7.20. The van der Waals surface area contributed by atoms with Crippen LogP contribution >= 0.6 is 0 Å². The molecule has 0 heterocycles. The molecule has 4 unspecified atom stereocenters. The summed E-state index contributed by atoms with van der Waals surface area (Å²) in [6, 6.07) is 0. The maximum Gasteiger partial charge on any atom is 0.0253 e. The summed E-state index contributed by atoms with van der Waals surface area (Å²) < 4.78 is 0. The van der Waals surface area contributed by atoms with E-state index in [0.717, 1.165) is 5.92 Å². The van der Waals surface area contributed by atoms with Crippen LogP contribution < -0.4 is 5.73 Å². The molecule has 1 nitrogen and oxygen atoms in total. The molecule has 0 aromatic rings. The summed E-state index contributed by atoms with van der Waals surface area (Å²) in [5.41, 5.74) is 7.76. The molecule has 5 saturated carbocycles. The normalized spacial score (nSPS) is 76.5. The molecule has 0 aliphatic heterocycles. The molecule has 1 heteroatoms. The first-order valence-corrected chi connectivity index (χ1v) is 4.33. The van der Waals surface area contributed by atoms with Gasteiger partial charge in [-0.2, -0.15) is 0 Å². The third kappa shape index (κ3) is 0.219. The molecule has 0 spiro atoms. The molecule has 0 saturated heterocycles. The first-order valence-electron chi connectivity index (χ1n) is 4.33. The van der Waals surface area contributed by atoms with Crippen molar-refractivity contribution in [1.82, 2.24) is 0 Å². The van der Waals surface area contributed by atoms with Crippen molar-refractivity contribution in [2.24, 2.45) is 22.5 Å². The maximum absolute atomic E-state index is 6.26. The molecule has 0 amide bonds. The van der Waals surface area contributed by atoms with Gasteiger partial charge in [0.25, 0.3) is 0 Å². The van der Waals surface area contributed by atoms with Crippen molar-refractivity contribution in [2.75, 3.05) is 0 Å². The third-order valence-electron chi connectivity index (χ3n) is 5.27. The van der Waals surface area contributed by atoms with Gasteiger partial charge in [0.2, 0.25) is 0 Å². The van der Waals surface area contributed by atoms with E-state index < -0.39 is 0 Å². The summed E-state index contributed by atoms with van der Waals surface area (Å²) >= 11 is 0. The lowest BCUT2D eigenvalue weighted by atomic mass is 9.26. The Morgan fingerprint density at radius 3 is 2.30 bits per heavy atom. The molecule has 5 fully saturated rings. The Kier molecular flexibility index (Phi) is 0.553. The maximum atomic E-state index is 6.26. The van der Waals surface area contributed by atoms with Crippen LogP contribution in [0.4, 0.5) is 0 Å². The molecule has 4 atom stereocenters. The highest BCUT2D eigenvalue weighted by Gasteiger charge is 2.87. The summed E-state index contributed by atoms with van der Waals surface area (Å²) in [6.07, 6.45) is 4.11. The summed E-state index contributed by atoms with van der Waals surface area (Å²) in [5, 5.41) is 0. The summed E-state index contributed by atoms with van der Waals surface area (Å²) in [7, 11) is 0. The average Bonchev–Trinajstić information content (AvgIpc) is 2.19. The van der Waals surface area contributed by atoms with Crippen LogP contribution in [-0.2, 0) is 0 Å². The van der Waals surface area contributed by atoms with Crippen LogP contribution in [0.1, 0.15) is 33.1 Å². The molecule has 0 radical (unpaired) electrons. The predicted octanol–water partition coefficient (Wildman–Crippen LogP) is 1.52. The highest BCUT2D eigenvalue weighted by molar-refractivity contribution is 5.40. The third-order valence-corrected chi connectivity index (χ3v) is 5.27. The zero-order valence-corrected chi connectivity index (χ0v) is 6.78. The van der Waals surface area contributed by atoms with Crippen LogP contribution in [0.2, 0.25) is 0 Å². The van der Waals surface area contributed by atoms with Gasteiger partial charge < -0.3 is 5.73 Å². The van der Waals surface area contributed by atoms with Crippen LogP contribution in [0.25, 0.3) is 0 Å². The minimum Gasteiger partial charge on any atom is -0.324 e. The van der Waals surface area contributed by atoms with Crippen molar-refractivity contribution in [3.8, 4) is 0 Å². The first-order chi connectivity index (χ1) is 4.55. The van der Waals surface area contributed by atoms with E-state index in [9.17, 15) is 0 Å². The Bertz CT molecular complexity index is 207. The van der Waals surface area contributed by atoms with Crippen molar-refractivity contribution < 1.29 is 0 Å². The molecule has 0 aromatic heterocycles. The van der Waals surface area contributed by atoms with Crippen LogP contribution in [-0.4, -0.2) is 5.54 Å². The summed E-state index contributed by atoms with van der Waals surface area (Å²) in [6.45, 7) is 4.82. The van der Waals surface area contributed by atoms with E-state index in [1.54, 1.807) is 0 Å². The van der Waals surface area contributed by atoms with Crippen molar-refractivity contribution in [3.05, 3.63) is 0 Å². The number of hydrogen-bond acceptors (Lipinski definition) is 1. The van der Waals surface area contributed by atoms with Crippen molar-refractivity contribution in [2.45, 2.75) is 38.6 Å². The Morgan fingerprint density at radius 2 is 2.10 bits per heavy atom. The number of nitrogens with two attached hydrogens (primary N) is 1. The number of rotatable bonds is 0. The molecular formula is C9H15N. The average molecular weight is 137 g/mol. The molecule has 4 bridgehead atoms. The fraction of sp³-hybridized carbons (Fsp3) is 1.00. The van der Waals surface area contributed by atoms with Gasteiger partial charge in [0, 0.05) is 5.54 Å². The van der Waals surface area contributed by atoms with Gasteiger partial charge in [-0.05, 0) is 36.0 Å². The molecule has 0 aromatic carbocycles. The van der Waals surface area contributed by atoms with Gasteiger partial charge in [0.1, 0.15) is 0 Å². The predicted molar refractivity (Wildman–Crippen MR) is 40.5 cm³/mol. The lowest BCUT2D eigenvalue weighted by Gasteiger charge is -2.81. The molecule has 5 rings (SSSR count). The van der Waals surface area contributed by atoms with Crippen molar-refractivity contribution in [1.29, 1.82) is 0 Å². The quantitative estimate of drug-likeness (QED) is 0.538. The zero-order valence-electron chi connectivity index (χ0n) is 6.78. The smallest absolute Gasteiger partial charge is 0.0253 e. The van der Waals surface area contributed by atoms with E-state index in [1.807, 2.05) is 0 Å². The molecule has 5 aliphatic rings. The van der Waals surface area contributed by atoms with Crippen LogP contribution in [0.3, 0.4) is 0 Å². The summed E-state index contributed by atoms with van der Waals surface area (Å²) in [5.74, 6) is 0.894. The van der Waals surface area contributed by atoms with Gasteiger partial charge >= 0.3 is 0 Å². The van der Waals surface area contributed by atoms with Gasteiger partial charge in [-0.25, -0.2) is 0 Å². The summed E-state index contributed by atoms with van der Waals surface area (Å²) in [4.78, 5) is 0. The minimum absolute atomic E-state index is 0.293. The highest BCUT2D eigenvalue weighted by atomic mass is 15.1. The SMILES string of the molecule is CC12CC3(N)C1CCC23C. The van der Waals surface area contributed by atoms with E-state index >= 15 is 0 Å². The van der Waals surface area contributed by atoms with Gasteiger partial charge in [-0.1, -0.05) is 13.8 Å². The van der Waals surface area contributed by atoms with Gasteiger partial charge in [0.15, 0.2) is 0 Å². The van der Waals surface area contributed by atoms with Crippen molar-refractivity contribution >= 4 is 0 Å². The Labute approximate surface area is 62.0 Å². The Morgan fingerprint density at radius 1 is 1.40 bits per heavy atom. The lowest BCUT2D eigenvalue weighted by molar-refractivity contribution is -0.285. The second-order valence-corrected chi connectivity index (χ2v) is 5.06. The molecule has 2 N–H and O–H groups in total. The number of hydrogen-bond donors (Lipinski definition) is 1. The molecule has 56 valence electrons. The monoisotopic (exact) mass is 137 g/mol. The number of fused-ring (bicyclic) bond motifs is 1. The topological polar surface area (TPSA) is 26.0 Å². The van der Waals surface area contributed by atoms with Crippen LogP contribution in [0.15, 0.2) is 0 Å². The Balaban J connectivity index is 2.16. The first kappa shape index (κ1) is 5.59. The fourth-order valence-electron chi connectivity index (χ4n) is 4.33. The van der Waals surface area contributed by atoms with Crippen LogP contribution in [0, 0.1) is 16.7 Å². The fourth-order valence-corrected chi connectivity index (χ4v) is 4.33. The van der Waals surface area contributed by atoms with E-state index in [0.29, 0.717) is 16.4 Å². The lowest BCUT2D eigenvalue weighted by Crippen LogP contribution is -2.86. The second kappa shape index (κ2) is 0.989. The van der Waals surface area contributed by atoms with E-state index in [2.05, 4.69) is 13.8 Å². The van der Waals surface area contributed by atoms with Gasteiger partial charge in [-0.3, -0.25) is 0 Å². The molecule has 10 heavy (non-hydrogen) atoms. The van der Waals surface area contributed by atoms with E-state index in [4.69, 9.17) is 5.73 Å². The van der Waals surface area contributed by atoms with Gasteiger partial charge in [0.05, 0.1) is 0 Å². The highest BCUT2D eigenvalue weighted by Crippen LogP contribution is 2.87. The van der Waals surface area contributed by atoms with E-state index in [-0.39, 0.29) is 0 Å². The molecular weight excluding hydrogens is 122 g/mol. The van der Waals surface area contributed by atoms with Crippen LogP contribution in [0.5, 0.6) is 0 Å². The Hall–Kier alpha value is -0.0400. The van der Waals surface area contributed by atoms with E-state index in [1.165, 1.54) is 19.3 Å². The van der Waals surface area contributed by atoms with Crippen molar-refractivity contribution in [3.63, 3.8) is 0 Å². The largest absolute Gasteiger partial charge is 0.324 e.